The molecule has 0 radical (unpaired) electrons. The molecule has 9 heteroatoms. The number of anilines is 1. The minimum Gasteiger partial charge on any atom is -0.381 e. The van der Waals surface area contributed by atoms with E-state index in [-0.39, 0.29) is 29.0 Å². The first-order valence-corrected chi connectivity index (χ1v) is 13.0. The lowest BCUT2D eigenvalue weighted by molar-refractivity contribution is -0.137. The van der Waals surface area contributed by atoms with E-state index in [2.05, 4.69) is 20.4 Å². The van der Waals surface area contributed by atoms with Gasteiger partial charge in [-0.05, 0) is 73.1 Å². The van der Waals surface area contributed by atoms with Crippen LogP contribution in [0.2, 0.25) is 0 Å². The third-order valence-electron chi connectivity index (χ3n) is 8.06. The van der Waals surface area contributed by atoms with Crippen LogP contribution in [0.5, 0.6) is 0 Å². The molecule has 3 atom stereocenters. The van der Waals surface area contributed by atoms with Gasteiger partial charge in [0.2, 0.25) is 0 Å². The van der Waals surface area contributed by atoms with Gasteiger partial charge in [0.15, 0.2) is 5.82 Å². The van der Waals surface area contributed by atoms with Crippen LogP contribution in [0, 0.1) is 23.6 Å². The molecule has 5 nitrogen and oxygen atoms in total. The van der Waals surface area contributed by atoms with E-state index in [1.54, 1.807) is 12.1 Å². The van der Waals surface area contributed by atoms with Crippen molar-refractivity contribution in [2.75, 3.05) is 38.2 Å². The van der Waals surface area contributed by atoms with E-state index in [0.717, 1.165) is 70.2 Å². The van der Waals surface area contributed by atoms with Gasteiger partial charge in [-0.2, -0.15) is 13.2 Å². The number of benzene rings is 1. The smallest absolute Gasteiger partial charge is 0.381 e. The van der Waals surface area contributed by atoms with Gasteiger partial charge in [0.1, 0.15) is 11.4 Å². The molecule has 1 aromatic heterocycles. The van der Waals surface area contributed by atoms with E-state index in [1.165, 1.54) is 6.07 Å². The molecule has 2 aliphatic heterocycles. The molecule has 2 aromatic rings. The van der Waals surface area contributed by atoms with Gasteiger partial charge in [0, 0.05) is 44.5 Å². The first-order valence-electron chi connectivity index (χ1n) is 13.0. The number of likely N-dealkylation sites (tertiary alicyclic amines) is 1. The van der Waals surface area contributed by atoms with Crippen molar-refractivity contribution in [1.29, 1.82) is 0 Å². The van der Waals surface area contributed by atoms with E-state index >= 15 is 0 Å². The van der Waals surface area contributed by atoms with E-state index in [1.807, 2.05) is 13.8 Å². The standard InChI is InChI=1S/C27H34F4N4O/c1-16(2)18-3-4-24(28)22(11-18)25-12-23(27(29,30)31)26(34-33-25)32-21-9-19-14-35(15-20(19)10-21)13-17-5-7-36-8-6-17/h3-4,11-12,16-17,19-21H,5-10,13-15H2,1-2H3,(H,32,34)/t19-,20+,21+. The van der Waals surface area contributed by atoms with Crippen molar-refractivity contribution < 1.29 is 22.3 Å². The Labute approximate surface area is 209 Å². The SMILES string of the molecule is CC(C)c1ccc(F)c(-c2cc(C(F)(F)F)c(N[C@H]3C[C@@H]4CN(CC5CCOCC5)C[C@@H]4C3)nn2)c1. The van der Waals surface area contributed by atoms with E-state index in [9.17, 15) is 17.6 Å². The van der Waals surface area contributed by atoms with Crippen molar-refractivity contribution in [3.8, 4) is 11.3 Å². The molecule has 196 valence electrons. The fraction of sp³-hybridized carbons (Fsp3) is 0.630. The van der Waals surface area contributed by atoms with Crippen LogP contribution in [0.1, 0.15) is 56.6 Å². The van der Waals surface area contributed by atoms with Gasteiger partial charge in [-0.25, -0.2) is 4.39 Å². The molecule has 0 bridgehead atoms. The normalized spacial score (nSPS) is 25.5. The molecular formula is C27H34F4N4O. The van der Waals surface area contributed by atoms with E-state index in [4.69, 9.17) is 4.74 Å². The first kappa shape index (κ1) is 25.4. The fourth-order valence-electron chi connectivity index (χ4n) is 6.10. The van der Waals surface area contributed by atoms with Crippen LogP contribution in [0.4, 0.5) is 23.4 Å². The van der Waals surface area contributed by atoms with Crippen LogP contribution in [0.25, 0.3) is 11.3 Å². The third kappa shape index (κ3) is 5.52. The number of rotatable bonds is 6. The average molecular weight is 507 g/mol. The second-order valence-electron chi connectivity index (χ2n) is 11.0. The molecule has 0 amide bonds. The number of alkyl halides is 3. The Balaban J connectivity index is 1.28. The Morgan fingerprint density at radius 3 is 2.39 bits per heavy atom. The quantitative estimate of drug-likeness (QED) is 0.489. The summed E-state index contributed by atoms with van der Waals surface area (Å²) in [4.78, 5) is 2.52. The van der Waals surface area contributed by atoms with Gasteiger partial charge < -0.3 is 15.0 Å². The van der Waals surface area contributed by atoms with Crippen molar-refractivity contribution in [2.45, 2.75) is 57.7 Å². The molecule has 5 rings (SSSR count). The Bertz CT molecular complexity index is 1060. The zero-order valence-electron chi connectivity index (χ0n) is 20.8. The van der Waals surface area contributed by atoms with Crippen LogP contribution in [-0.4, -0.2) is 54.0 Å². The highest BCUT2D eigenvalue weighted by Crippen LogP contribution is 2.42. The van der Waals surface area contributed by atoms with Crippen molar-refractivity contribution in [2.24, 2.45) is 17.8 Å². The van der Waals surface area contributed by atoms with Crippen molar-refractivity contribution in [3.63, 3.8) is 0 Å². The lowest BCUT2D eigenvalue weighted by atomic mass is 9.98. The number of hydrogen-bond acceptors (Lipinski definition) is 5. The van der Waals surface area contributed by atoms with Crippen LogP contribution in [0.15, 0.2) is 24.3 Å². The molecule has 1 aliphatic carbocycles. The molecule has 3 heterocycles. The summed E-state index contributed by atoms with van der Waals surface area (Å²) >= 11 is 0. The number of nitrogens with one attached hydrogen (secondary N) is 1. The maximum Gasteiger partial charge on any atom is 0.420 e. The summed E-state index contributed by atoms with van der Waals surface area (Å²) in [5.74, 6) is 0.871. The Hall–Kier alpha value is -2.26. The van der Waals surface area contributed by atoms with Gasteiger partial charge in [-0.3, -0.25) is 0 Å². The predicted octanol–water partition coefficient (Wildman–Crippen LogP) is 5.97. The number of aromatic nitrogens is 2. The second-order valence-corrected chi connectivity index (χ2v) is 11.0. The van der Waals surface area contributed by atoms with Crippen LogP contribution < -0.4 is 5.32 Å². The van der Waals surface area contributed by atoms with Crippen molar-refractivity contribution in [1.82, 2.24) is 15.1 Å². The van der Waals surface area contributed by atoms with E-state index in [0.29, 0.717) is 17.8 Å². The maximum atomic E-state index is 14.5. The van der Waals surface area contributed by atoms with E-state index < -0.39 is 17.6 Å². The summed E-state index contributed by atoms with van der Waals surface area (Å²) in [5.41, 5.74) is -0.155. The molecule has 0 unspecified atom stereocenters. The van der Waals surface area contributed by atoms with Gasteiger partial charge in [-0.1, -0.05) is 19.9 Å². The number of nitrogens with zero attached hydrogens (tertiary/aromatic N) is 3. The second kappa shape index (κ2) is 10.2. The van der Waals surface area contributed by atoms with Crippen LogP contribution >= 0.6 is 0 Å². The first-order chi connectivity index (χ1) is 17.2. The monoisotopic (exact) mass is 506 g/mol. The molecule has 36 heavy (non-hydrogen) atoms. The summed E-state index contributed by atoms with van der Waals surface area (Å²) in [6.45, 7) is 8.66. The maximum absolute atomic E-state index is 14.5. The number of fused-ring (bicyclic) bond motifs is 1. The highest BCUT2D eigenvalue weighted by atomic mass is 19.4. The Morgan fingerprint density at radius 2 is 1.75 bits per heavy atom. The molecule has 2 saturated heterocycles. The molecule has 0 spiro atoms. The van der Waals surface area contributed by atoms with Crippen LogP contribution in [0.3, 0.4) is 0 Å². The highest BCUT2D eigenvalue weighted by molar-refractivity contribution is 5.64. The predicted molar refractivity (Wildman–Crippen MR) is 130 cm³/mol. The molecular weight excluding hydrogens is 472 g/mol. The van der Waals surface area contributed by atoms with Gasteiger partial charge in [0.05, 0.1) is 5.69 Å². The summed E-state index contributed by atoms with van der Waals surface area (Å²) in [6, 6.07) is 5.31. The summed E-state index contributed by atoms with van der Waals surface area (Å²) < 4.78 is 62.0. The lowest BCUT2D eigenvalue weighted by Crippen LogP contribution is -2.32. The molecule has 1 aromatic carbocycles. The summed E-state index contributed by atoms with van der Waals surface area (Å²) in [7, 11) is 0. The number of halogens is 4. The largest absolute Gasteiger partial charge is 0.420 e. The Kier molecular flexibility index (Phi) is 7.23. The van der Waals surface area contributed by atoms with Crippen LogP contribution in [-0.2, 0) is 10.9 Å². The molecule has 1 saturated carbocycles. The van der Waals surface area contributed by atoms with Gasteiger partial charge in [0.25, 0.3) is 0 Å². The number of ether oxygens (including phenoxy) is 1. The highest BCUT2D eigenvalue weighted by Gasteiger charge is 2.43. The minimum absolute atomic E-state index is 0.0331. The molecule has 3 fully saturated rings. The molecule has 1 N–H and O–H groups in total. The summed E-state index contributed by atoms with van der Waals surface area (Å²) in [6.07, 6.45) is -0.775. The number of hydrogen-bond donors (Lipinski definition) is 1. The Morgan fingerprint density at radius 1 is 1.06 bits per heavy atom. The lowest BCUT2D eigenvalue weighted by Gasteiger charge is -2.28. The molecule has 3 aliphatic rings. The third-order valence-corrected chi connectivity index (χ3v) is 8.06. The minimum atomic E-state index is -4.63. The average Bonchev–Trinajstić information content (AvgIpc) is 3.37. The zero-order chi connectivity index (χ0) is 25.4. The van der Waals surface area contributed by atoms with Crippen molar-refractivity contribution >= 4 is 5.82 Å². The van der Waals surface area contributed by atoms with Crippen molar-refractivity contribution in [3.05, 3.63) is 41.2 Å². The van der Waals surface area contributed by atoms with Gasteiger partial charge in [-0.15, -0.1) is 10.2 Å². The zero-order valence-corrected chi connectivity index (χ0v) is 20.8. The topological polar surface area (TPSA) is 50.3 Å². The van der Waals surface area contributed by atoms with Gasteiger partial charge >= 0.3 is 6.18 Å². The summed E-state index contributed by atoms with van der Waals surface area (Å²) in [5, 5.41) is 11.0. The fourth-order valence-corrected chi connectivity index (χ4v) is 6.10.